The van der Waals surface area contributed by atoms with Gasteiger partial charge in [-0.15, -0.1) is 0 Å². The van der Waals surface area contributed by atoms with Crippen molar-refractivity contribution in [3.63, 3.8) is 0 Å². The summed E-state index contributed by atoms with van der Waals surface area (Å²) in [6, 6.07) is 12.4. The molecule has 1 atom stereocenters. The van der Waals surface area contributed by atoms with Gasteiger partial charge in [-0.3, -0.25) is 4.79 Å². The Balaban J connectivity index is 1.76. The average molecular weight is 313 g/mol. The Morgan fingerprint density at radius 1 is 1.27 bits per heavy atom. The van der Waals surface area contributed by atoms with Gasteiger partial charge >= 0.3 is 0 Å². The lowest BCUT2D eigenvalue weighted by molar-refractivity contribution is -0.120. The first-order valence-corrected chi connectivity index (χ1v) is 8.38. The quantitative estimate of drug-likeness (QED) is 0.680. The molecule has 4 nitrogen and oxygen atoms in total. The van der Waals surface area contributed by atoms with E-state index in [1.54, 1.807) is 0 Å². The molecular formula is C17H19N3OS. The van der Waals surface area contributed by atoms with E-state index in [4.69, 9.17) is 0 Å². The molecule has 0 saturated heterocycles. The van der Waals surface area contributed by atoms with Gasteiger partial charge in [-0.1, -0.05) is 42.1 Å². The second kappa shape index (κ2) is 6.48. The lowest BCUT2D eigenvalue weighted by Crippen LogP contribution is -2.32. The molecule has 0 spiro atoms. The maximum Gasteiger partial charge on any atom is 0.233 e. The molecule has 1 aromatic heterocycles. The first-order valence-electron chi connectivity index (χ1n) is 7.50. The van der Waals surface area contributed by atoms with Crippen molar-refractivity contribution in [2.75, 3.05) is 0 Å². The third-order valence-corrected chi connectivity index (χ3v) is 4.44. The Hall–Kier alpha value is -1.88. The van der Waals surface area contributed by atoms with Crippen molar-refractivity contribution in [2.24, 2.45) is 0 Å². The van der Waals surface area contributed by atoms with Gasteiger partial charge in [0.25, 0.3) is 0 Å². The number of hydrogen-bond donors (Lipinski definition) is 1. The van der Waals surface area contributed by atoms with E-state index in [2.05, 4.69) is 15.3 Å². The molecule has 22 heavy (non-hydrogen) atoms. The van der Waals surface area contributed by atoms with Crippen molar-refractivity contribution in [2.45, 2.75) is 43.1 Å². The third-order valence-electron chi connectivity index (χ3n) is 3.48. The number of nitrogens with one attached hydrogen (secondary N) is 1. The molecule has 0 bridgehead atoms. The normalized spacial score (nSPS) is 15.4. The van der Waals surface area contributed by atoms with E-state index in [0.29, 0.717) is 11.2 Å². The highest BCUT2D eigenvalue weighted by Gasteiger charge is 2.26. The highest BCUT2D eigenvalue weighted by molar-refractivity contribution is 8.00. The molecule has 0 radical (unpaired) electrons. The third kappa shape index (κ3) is 3.85. The summed E-state index contributed by atoms with van der Waals surface area (Å²) < 4.78 is 0. The molecule has 0 unspecified atom stereocenters. The molecule has 3 rings (SSSR count). The van der Waals surface area contributed by atoms with Crippen LogP contribution >= 0.6 is 11.8 Å². The van der Waals surface area contributed by atoms with Crippen LogP contribution < -0.4 is 5.32 Å². The van der Waals surface area contributed by atoms with E-state index in [1.807, 2.05) is 50.2 Å². The number of nitrogens with zero attached hydrogens (tertiary/aromatic N) is 2. The van der Waals surface area contributed by atoms with Crippen molar-refractivity contribution in [1.82, 2.24) is 15.3 Å². The van der Waals surface area contributed by atoms with Gasteiger partial charge in [-0.2, -0.15) is 0 Å². The highest BCUT2D eigenvalue weighted by Crippen LogP contribution is 2.25. The summed E-state index contributed by atoms with van der Waals surface area (Å²) in [5, 5.41) is 3.48. The Morgan fingerprint density at radius 3 is 2.68 bits per heavy atom. The number of benzene rings is 1. The van der Waals surface area contributed by atoms with Crippen molar-refractivity contribution in [3.8, 4) is 11.3 Å². The number of rotatable bonds is 5. The summed E-state index contributed by atoms with van der Waals surface area (Å²) in [4.78, 5) is 21.1. The number of carbonyl (C=O) groups is 1. The summed E-state index contributed by atoms with van der Waals surface area (Å²) in [6.45, 7) is 3.85. The number of carbonyl (C=O) groups excluding carboxylic acids is 1. The Kier molecular flexibility index (Phi) is 4.43. The summed E-state index contributed by atoms with van der Waals surface area (Å²) >= 11 is 1.41. The average Bonchev–Trinajstić information content (AvgIpc) is 3.31. The number of amides is 1. The molecule has 1 heterocycles. The standard InChI is InChI=1S/C17H19N3OS/c1-11-10-15(13-6-4-3-5-7-13)20-17(18-11)22-12(2)16(21)19-14-8-9-14/h3-7,10,12,14H,8-9H2,1-2H3,(H,19,21)/t12-/m1/s1. The molecule has 1 amide bonds. The van der Waals surface area contributed by atoms with Crippen LogP contribution in [0.1, 0.15) is 25.5 Å². The summed E-state index contributed by atoms with van der Waals surface area (Å²) in [7, 11) is 0. The predicted molar refractivity (Wildman–Crippen MR) is 88.7 cm³/mol. The number of aryl methyl sites for hydroxylation is 1. The van der Waals surface area contributed by atoms with Gasteiger partial charge in [0.15, 0.2) is 5.16 Å². The van der Waals surface area contributed by atoms with Crippen molar-refractivity contribution < 1.29 is 4.79 Å². The maximum absolute atomic E-state index is 12.1. The molecule has 114 valence electrons. The largest absolute Gasteiger partial charge is 0.352 e. The van der Waals surface area contributed by atoms with Gasteiger partial charge in [0.2, 0.25) is 5.91 Å². The fourth-order valence-corrected chi connectivity index (χ4v) is 2.95. The van der Waals surface area contributed by atoms with Crippen molar-refractivity contribution in [3.05, 3.63) is 42.1 Å². The molecule has 1 saturated carbocycles. The molecule has 1 fully saturated rings. The first kappa shape index (κ1) is 15.0. The molecule has 1 aliphatic carbocycles. The van der Waals surface area contributed by atoms with E-state index in [0.717, 1.165) is 29.8 Å². The van der Waals surface area contributed by atoms with Crippen LogP contribution in [0.2, 0.25) is 0 Å². The molecule has 1 aliphatic rings. The highest BCUT2D eigenvalue weighted by atomic mass is 32.2. The second-order valence-electron chi connectivity index (χ2n) is 5.59. The fraction of sp³-hybridized carbons (Fsp3) is 0.353. The molecular weight excluding hydrogens is 294 g/mol. The molecule has 1 N–H and O–H groups in total. The minimum Gasteiger partial charge on any atom is -0.352 e. The van der Waals surface area contributed by atoms with Gasteiger partial charge in [0.1, 0.15) is 0 Å². The van der Waals surface area contributed by atoms with Crippen LogP contribution in [-0.2, 0) is 4.79 Å². The Bertz CT molecular complexity index is 671. The first-order chi connectivity index (χ1) is 10.6. The fourth-order valence-electron chi connectivity index (χ4n) is 2.11. The molecule has 0 aliphatic heterocycles. The number of aromatic nitrogens is 2. The summed E-state index contributed by atoms with van der Waals surface area (Å²) in [6.07, 6.45) is 2.20. The second-order valence-corrected chi connectivity index (χ2v) is 6.89. The minimum absolute atomic E-state index is 0.0684. The van der Waals surface area contributed by atoms with E-state index in [1.165, 1.54) is 11.8 Å². The molecule has 5 heteroatoms. The molecule has 1 aromatic carbocycles. The van der Waals surface area contributed by atoms with Crippen LogP contribution in [0, 0.1) is 6.92 Å². The van der Waals surface area contributed by atoms with Gasteiger partial charge in [0, 0.05) is 17.3 Å². The van der Waals surface area contributed by atoms with Crippen LogP contribution in [0.3, 0.4) is 0 Å². The van der Waals surface area contributed by atoms with Crippen molar-refractivity contribution >= 4 is 17.7 Å². The Morgan fingerprint density at radius 2 is 2.00 bits per heavy atom. The van der Waals surface area contributed by atoms with Crippen LogP contribution in [0.15, 0.2) is 41.6 Å². The lowest BCUT2D eigenvalue weighted by Gasteiger charge is -2.11. The van der Waals surface area contributed by atoms with E-state index >= 15 is 0 Å². The van der Waals surface area contributed by atoms with Crippen molar-refractivity contribution in [1.29, 1.82) is 0 Å². The number of thioether (sulfide) groups is 1. The smallest absolute Gasteiger partial charge is 0.233 e. The van der Waals surface area contributed by atoms with Gasteiger partial charge < -0.3 is 5.32 Å². The van der Waals surface area contributed by atoms with Gasteiger partial charge in [0.05, 0.1) is 10.9 Å². The van der Waals surface area contributed by atoms with E-state index in [9.17, 15) is 4.79 Å². The molecule has 2 aromatic rings. The van der Waals surface area contributed by atoms with Gasteiger partial charge in [-0.05, 0) is 32.8 Å². The van der Waals surface area contributed by atoms with Crippen LogP contribution in [-0.4, -0.2) is 27.2 Å². The summed E-state index contributed by atoms with van der Waals surface area (Å²) in [5.74, 6) is 0.0684. The zero-order valence-corrected chi connectivity index (χ0v) is 13.6. The minimum atomic E-state index is -0.189. The van der Waals surface area contributed by atoms with Crippen LogP contribution in [0.5, 0.6) is 0 Å². The van der Waals surface area contributed by atoms with Crippen LogP contribution in [0.25, 0.3) is 11.3 Å². The van der Waals surface area contributed by atoms with E-state index in [-0.39, 0.29) is 11.2 Å². The predicted octanol–water partition coefficient (Wildman–Crippen LogP) is 3.21. The Labute approximate surface area is 134 Å². The maximum atomic E-state index is 12.1. The lowest BCUT2D eigenvalue weighted by atomic mass is 10.1. The van der Waals surface area contributed by atoms with Crippen LogP contribution in [0.4, 0.5) is 0 Å². The van der Waals surface area contributed by atoms with E-state index < -0.39 is 0 Å². The zero-order valence-electron chi connectivity index (χ0n) is 12.7. The summed E-state index contributed by atoms with van der Waals surface area (Å²) in [5.41, 5.74) is 2.86. The van der Waals surface area contributed by atoms with Gasteiger partial charge in [-0.25, -0.2) is 9.97 Å². The topological polar surface area (TPSA) is 54.9 Å². The monoisotopic (exact) mass is 313 g/mol. The SMILES string of the molecule is Cc1cc(-c2ccccc2)nc(S[C@H](C)C(=O)NC2CC2)n1. The number of hydrogen-bond acceptors (Lipinski definition) is 4. The zero-order chi connectivity index (χ0) is 15.5.